The number of amidine groups is 1. The molecule has 0 aromatic carbocycles. The third kappa shape index (κ3) is 12.9. The van der Waals surface area contributed by atoms with E-state index < -0.39 is 113 Å². The molecule has 0 aliphatic carbocycles. The third-order valence-corrected chi connectivity index (χ3v) is 17.9. The number of Topliss-reactive ketones (excluding diaryl/α,β-unsaturated/α-hetero) is 1. The molecule has 6 unspecified atom stereocenters. The number of nitrogens with one attached hydrogen (secondary N) is 2. The maximum absolute atomic E-state index is 15.3. The van der Waals surface area contributed by atoms with Crippen molar-refractivity contribution in [2.75, 3.05) is 39.4 Å². The summed E-state index contributed by atoms with van der Waals surface area (Å²) in [6.45, 7) is 22.0. The Morgan fingerprint density at radius 3 is 2.26 bits per heavy atom. The van der Waals surface area contributed by atoms with Crippen molar-refractivity contribution in [1.29, 1.82) is 5.41 Å². The number of fused-ring (bicyclic) bond motifs is 1. The molecule has 2 aromatic rings. The van der Waals surface area contributed by atoms with Crippen LogP contribution in [0.4, 0.5) is 5.69 Å². The lowest BCUT2D eigenvalue weighted by molar-refractivity contribution is -0.319. The zero-order chi connectivity index (χ0) is 57.1. The number of carbonyl (C=O) groups is 3. The molecule has 4 fully saturated rings. The Morgan fingerprint density at radius 2 is 1.66 bits per heavy atom. The van der Waals surface area contributed by atoms with Gasteiger partial charge in [-0.25, -0.2) is 4.98 Å². The first-order valence-corrected chi connectivity index (χ1v) is 27.7. The molecule has 0 spiro atoms. The number of hydrogen-bond acceptors (Lipinski definition) is 20. The van der Waals surface area contributed by atoms with Gasteiger partial charge in [-0.15, -0.1) is 11.8 Å². The van der Waals surface area contributed by atoms with Crippen LogP contribution in [0.15, 0.2) is 49.4 Å². The summed E-state index contributed by atoms with van der Waals surface area (Å²) in [4.78, 5) is 55.3. The average molecular weight is 1100 g/mol. The highest BCUT2D eigenvalue weighted by atomic mass is 32.2. The molecule has 4 aliphatic heterocycles. The van der Waals surface area contributed by atoms with Crippen molar-refractivity contribution in [3.8, 4) is 0 Å². The van der Waals surface area contributed by atoms with Crippen LogP contribution in [0.2, 0.25) is 0 Å². The monoisotopic (exact) mass is 1100 g/mol. The van der Waals surface area contributed by atoms with E-state index in [2.05, 4.69) is 21.9 Å². The standard InChI is InChI=1S/C55H85N7O14S/c1-16-35(49(66)60-34-18-20-58-21-19-34)41-40(48(56)57)59-27-62(41)22-23-77-45-39-30(5)42(63)28(3)25-54(10,70-15)47(75-52-43(64)36(61(12)13)24-29(4)71-52)31(6)44(74-38-26-53(9,69-14)46(65)33(8)72-38)32(7)50(67)73-37(17-2)55(39,11)76-51(45)68/h16,18-21,27-33,36-39,43-47,52,64-66H,1,17,22-26H2,2-15H3,(H3,56,57)(H,58,60)/t28-,29?,30?,31+,32?,33?,36+,37-,38+,39?,43-,44+,45+,46+,47-,52+,53?,54-,55-/m1/s1. The molecule has 0 bridgehead atoms. The van der Waals surface area contributed by atoms with E-state index in [0.717, 1.165) is 0 Å². The predicted molar refractivity (Wildman–Crippen MR) is 289 cm³/mol. The molecule has 7 N–H and O–H groups in total. The topological polar surface area (TPSA) is 282 Å². The molecule has 4 aliphatic rings. The second kappa shape index (κ2) is 25.3. The minimum Gasteiger partial charge on any atom is -0.494 e. The van der Waals surface area contributed by atoms with Gasteiger partial charge in [0.2, 0.25) is 0 Å². The number of imidazole rings is 1. The van der Waals surface area contributed by atoms with Gasteiger partial charge in [0.1, 0.15) is 40.9 Å². The molecule has 77 heavy (non-hydrogen) atoms. The van der Waals surface area contributed by atoms with Crippen LogP contribution < -0.4 is 11.1 Å². The summed E-state index contributed by atoms with van der Waals surface area (Å²) in [5, 5.41) is 44.7. The van der Waals surface area contributed by atoms with E-state index in [9.17, 15) is 20.1 Å². The van der Waals surface area contributed by atoms with Gasteiger partial charge < -0.3 is 73.7 Å². The van der Waals surface area contributed by atoms with Gasteiger partial charge in [-0.2, -0.15) is 0 Å². The molecule has 0 amide bonds. The molecule has 430 valence electrons. The summed E-state index contributed by atoms with van der Waals surface area (Å²) in [6, 6.07) is 3.00. The van der Waals surface area contributed by atoms with Crippen molar-refractivity contribution in [2.24, 2.45) is 35.3 Å². The molecule has 19 atom stereocenters. The Balaban J connectivity index is 1.40. The van der Waals surface area contributed by atoms with Crippen molar-refractivity contribution in [3.05, 3.63) is 60.8 Å². The molecule has 4 saturated heterocycles. The zero-order valence-corrected chi connectivity index (χ0v) is 48.1. The van der Waals surface area contributed by atoms with Crippen LogP contribution in [0, 0.1) is 35.0 Å². The number of ether oxygens (including phenoxy) is 8. The minimum absolute atomic E-state index is 0.0881. The van der Waals surface area contributed by atoms with E-state index in [1.54, 1.807) is 63.7 Å². The normalized spacial score (nSPS) is 38.7. The fourth-order valence-corrected chi connectivity index (χ4v) is 13.6. The zero-order valence-electron chi connectivity index (χ0n) is 47.3. The largest absolute Gasteiger partial charge is 0.494 e. The first kappa shape index (κ1) is 61.7. The number of methoxy groups -OCH3 is 2. The second-order valence-corrected chi connectivity index (χ2v) is 23.5. The number of pyridine rings is 1. The summed E-state index contributed by atoms with van der Waals surface area (Å²) in [5.74, 6) is -6.08. The smallest absolute Gasteiger partial charge is 0.320 e. The first-order chi connectivity index (χ1) is 36.2. The number of aryl methyl sites for hydroxylation is 1. The first-order valence-electron chi connectivity index (χ1n) is 26.7. The molecular formula is C55H85N7O14S. The highest BCUT2D eigenvalue weighted by Crippen LogP contribution is 2.50. The molecule has 6 heterocycles. The molecule has 2 aromatic heterocycles. The van der Waals surface area contributed by atoms with Gasteiger partial charge >= 0.3 is 11.9 Å². The third-order valence-electron chi connectivity index (χ3n) is 16.6. The average Bonchev–Trinajstić information content (AvgIpc) is 3.93. The van der Waals surface area contributed by atoms with Gasteiger partial charge in [-0.1, -0.05) is 40.3 Å². The molecule has 22 heteroatoms. The molecular weight excluding hydrogens is 1010 g/mol. The van der Waals surface area contributed by atoms with Crippen LogP contribution in [-0.4, -0.2) is 176 Å². The maximum Gasteiger partial charge on any atom is 0.320 e. The number of nitrogens with zero attached hydrogens (tertiary/aromatic N) is 4. The molecule has 6 rings (SSSR count). The van der Waals surface area contributed by atoms with Gasteiger partial charge in [-0.3, -0.25) is 24.8 Å². The minimum atomic E-state index is -1.51. The van der Waals surface area contributed by atoms with Crippen LogP contribution in [0.25, 0.3) is 5.57 Å². The SMILES string of the molecule is C=CC(=C(O)Nc1ccncc1)c1c(C(=N)N)ncn1CCS[C@@H]1C(=O)O[C@@]2(C)C1C(C)C(=O)[C@H](C)C[C@@](C)(OC)[C@H](O[C@@H]1OC(C)C[C@H](N(C)C)[C@H]1O)[C@@H](C)[C@H](O[C@H]1CC(C)(OC)[C@@H](O)C(C)O1)C(C)C(=O)O[C@@H]2CC. The van der Waals surface area contributed by atoms with Crippen molar-refractivity contribution >= 4 is 46.6 Å². The Morgan fingerprint density at radius 1 is 1.00 bits per heavy atom. The van der Waals surface area contributed by atoms with E-state index >= 15 is 9.59 Å². The van der Waals surface area contributed by atoms with E-state index in [4.69, 9.17) is 49.0 Å². The summed E-state index contributed by atoms with van der Waals surface area (Å²) >= 11 is 1.27. The van der Waals surface area contributed by atoms with Crippen LogP contribution >= 0.6 is 11.8 Å². The van der Waals surface area contributed by atoms with Crippen LogP contribution in [0.5, 0.6) is 0 Å². The van der Waals surface area contributed by atoms with Gasteiger partial charge in [0.05, 0.1) is 59.1 Å². The number of rotatable bonds is 17. The number of aliphatic hydroxyl groups excluding tert-OH is 3. The summed E-state index contributed by atoms with van der Waals surface area (Å²) in [7, 11) is 6.79. The number of ketones is 1. The number of anilines is 1. The Labute approximate surface area is 457 Å². The predicted octanol–water partition coefficient (Wildman–Crippen LogP) is 5.46. The summed E-state index contributed by atoms with van der Waals surface area (Å²) < 4.78 is 53.6. The van der Waals surface area contributed by atoms with Crippen LogP contribution in [0.3, 0.4) is 0 Å². The lowest BCUT2D eigenvalue weighted by Crippen LogP contribution is -2.61. The summed E-state index contributed by atoms with van der Waals surface area (Å²) in [5.41, 5.74) is 3.26. The number of hydrogen-bond donors (Lipinski definition) is 6. The second-order valence-electron chi connectivity index (χ2n) is 22.3. The number of nitrogens with two attached hydrogens (primary N) is 1. The highest BCUT2D eigenvalue weighted by Gasteiger charge is 2.62. The van der Waals surface area contributed by atoms with E-state index in [0.29, 0.717) is 17.8 Å². The number of carbonyl (C=O) groups excluding carboxylic acids is 3. The number of aromatic nitrogens is 3. The number of thioether (sulfide) groups is 1. The van der Waals surface area contributed by atoms with Crippen LogP contribution in [0.1, 0.15) is 106 Å². The number of esters is 2. The number of aliphatic hydroxyl groups is 3. The lowest BCUT2D eigenvalue weighted by Gasteiger charge is -2.50. The fraction of sp³-hybridized carbons (Fsp3) is 0.709. The Bertz CT molecular complexity index is 2430. The van der Waals surface area contributed by atoms with Gasteiger partial charge in [0.25, 0.3) is 0 Å². The van der Waals surface area contributed by atoms with Crippen molar-refractivity contribution in [3.63, 3.8) is 0 Å². The summed E-state index contributed by atoms with van der Waals surface area (Å²) in [6.07, 6.45) is -1.48. The quantitative estimate of drug-likeness (QED) is 0.0377. The van der Waals surface area contributed by atoms with Crippen molar-refractivity contribution in [2.45, 2.75) is 185 Å². The fourth-order valence-electron chi connectivity index (χ4n) is 12.2. The van der Waals surface area contributed by atoms with Crippen molar-refractivity contribution in [1.82, 2.24) is 19.4 Å². The van der Waals surface area contributed by atoms with Gasteiger partial charge in [0, 0.05) is 80.7 Å². The maximum atomic E-state index is 15.3. The van der Waals surface area contributed by atoms with Crippen LogP contribution in [-0.2, 0) is 58.8 Å². The van der Waals surface area contributed by atoms with E-state index in [-0.39, 0.29) is 72.5 Å². The number of cyclic esters (lactones) is 1. The lowest BCUT2D eigenvalue weighted by atomic mass is 9.70. The molecule has 21 nitrogen and oxygen atoms in total. The van der Waals surface area contributed by atoms with Gasteiger partial charge in [-0.05, 0) is 87.0 Å². The van der Waals surface area contributed by atoms with Gasteiger partial charge in [0.15, 0.2) is 24.1 Å². The molecule has 0 radical (unpaired) electrons. The highest BCUT2D eigenvalue weighted by molar-refractivity contribution is 8.00. The van der Waals surface area contributed by atoms with E-state index in [1.807, 2.05) is 53.6 Å². The Hall–Kier alpha value is -4.49. The van der Waals surface area contributed by atoms with E-state index in [1.165, 1.54) is 38.4 Å². The van der Waals surface area contributed by atoms with Crippen molar-refractivity contribution < 1.29 is 67.6 Å². The molecule has 0 saturated carbocycles. The number of likely N-dealkylation sites (N-methyl/N-ethyl adjacent to an activating group) is 1. The Kier molecular flexibility index (Phi) is 20.3. The number of allylic oxidation sites excluding steroid dienone is 2. The number of nitrogen functional groups attached to an aromatic ring is 1.